The standard InChI is InChI=1S/C15H28N4O3S2.HI/c1-15(2,3)12(22-5)11-18-14(16-4)17-8-9-19-24(20,21)13-7-6-10-23-13;/h6-7,10,12,19H,8-9,11H2,1-5H3,(H2,16,17,18);1H. The molecule has 1 heterocycles. The number of sulfonamides is 1. The molecular formula is C15H29IN4O3S2. The Morgan fingerprint density at radius 2 is 2.00 bits per heavy atom. The van der Waals surface area contributed by atoms with E-state index in [1.807, 2.05) is 0 Å². The molecule has 25 heavy (non-hydrogen) atoms. The Hall–Kier alpha value is -0.430. The van der Waals surface area contributed by atoms with Crippen LogP contribution in [0.1, 0.15) is 20.8 Å². The lowest BCUT2D eigenvalue weighted by Crippen LogP contribution is -2.46. The fourth-order valence-electron chi connectivity index (χ4n) is 2.01. The molecule has 0 aliphatic rings. The molecule has 1 atom stereocenters. The molecule has 0 fully saturated rings. The highest BCUT2D eigenvalue weighted by Crippen LogP contribution is 2.20. The second-order valence-electron chi connectivity index (χ2n) is 6.30. The van der Waals surface area contributed by atoms with Crippen molar-refractivity contribution in [2.75, 3.05) is 33.8 Å². The van der Waals surface area contributed by atoms with Gasteiger partial charge in [-0.2, -0.15) is 0 Å². The minimum Gasteiger partial charge on any atom is -0.379 e. The molecular weight excluding hydrogens is 475 g/mol. The lowest BCUT2D eigenvalue weighted by atomic mass is 9.89. The van der Waals surface area contributed by atoms with E-state index in [-0.39, 0.29) is 42.0 Å². The molecule has 3 N–H and O–H groups in total. The van der Waals surface area contributed by atoms with Crippen LogP contribution in [0.2, 0.25) is 0 Å². The number of nitrogens with zero attached hydrogens (tertiary/aromatic N) is 1. The van der Waals surface area contributed by atoms with Crippen LogP contribution in [0, 0.1) is 5.41 Å². The maximum Gasteiger partial charge on any atom is 0.250 e. The first-order chi connectivity index (χ1) is 11.2. The van der Waals surface area contributed by atoms with Crippen molar-refractivity contribution in [2.45, 2.75) is 31.1 Å². The predicted molar refractivity (Wildman–Crippen MR) is 115 cm³/mol. The summed E-state index contributed by atoms with van der Waals surface area (Å²) in [5.74, 6) is 0.608. The fraction of sp³-hybridized carbons (Fsp3) is 0.667. The molecule has 10 heteroatoms. The van der Waals surface area contributed by atoms with Gasteiger partial charge in [-0.05, 0) is 16.9 Å². The summed E-state index contributed by atoms with van der Waals surface area (Å²) in [4.78, 5) is 4.12. The summed E-state index contributed by atoms with van der Waals surface area (Å²) in [6.45, 7) is 7.64. The molecule has 0 spiro atoms. The minimum atomic E-state index is -3.42. The van der Waals surface area contributed by atoms with Crippen LogP contribution in [0.25, 0.3) is 0 Å². The van der Waals surface area contributed by atoms with Crippen molar-refractivity contribution in [2.24, 2.45) is 10.4 Å². The lowest BCUT2D eigenvalue weighted by Gasteiger charge is -2.30. The van der Waals surface area contributed by atoms with Crippen LogP contribution < -0.4 is 15.4 Å². The van der Waals surface area contributed by atoms with E-state index in [1.54, 1.807) is 31.7 Å². The van der Waals surface area contributed by atoms with Gasteiger partial charge in [-0.1, -0.05) is 26.8 Å². The summed E-state index contributed by atoms with van der Waals surface area (Å²) in [5, 5.41) is 8.01. The first kappa shape index (κ1) is 24.6. The summed E-state index contributed by atoms with van der Waals surface area (Å²) in [6.07, 6.45) is 0.0355. The number of nitrogens with one attached hydrogen (secondary N) is 3. The van der Waals surface area contributed by atoms with Crippen LogP contribution in [0.5, 0.6) is 0 Å². The Labute approximate surface area is 172 Å². The zero-order valence-electron chi connectivity index (χ0n) is 15.3. The van der Waals surface area contributed by atoms with Crippen LogP contribution >= 0.6 is 35.3 Å². The van der Waals surface area contributed by atoms with Gasteiger partial charge in [-0.15, -0.1) is 35.3 Å². The van der Waals surface area contributed by atoms with Crippen molar-refractivity contribution in [3.8, 4) is 0 Å². The van der Waals surface area contributed by atoms with Gasteiger partial charge < -0.3 is 15.4 Å². The van der Waals surface area contributed by atoms with Crippen molar-refractivity contribution in [1.82, 2.24) is 15.4 Å². The Morgan fingerprint density at radius 3 is 2.48 bits per heavy atom. The molecule has 1 aromatic rings. The third-order valence-corrected chi connectivity index (χ3v) is 6.26. The van der Waals surface area contributed by atoms with E-state index in [4.69, 9.17) is 4.74 Å². The molecule has 0 bridgehead atoms. The summed E-state index contributed by atoms with van der Waals surface area (Å²) in [5.41, 5.74) is 0.0109. The van der Waals surface area contributed by atoms with Crippen LogP contribution in [-0.2, 0) is 14.8 Å². The van der Waals surface area contributed by atoms with E-state index in [1.165, 1.54) is 11.3 Å². The highest BCUT2D eigenvalue weighted by Gasteiger charge is 2.24. The molecule has 0 saturated heterocycles. The molecule has 0 amide bonds. The molecule has 0 aliphatic carbocycles. The highest BCUT2D eigenvalue weighted by atomic mass is 127. The zero-order chi connectivity index (χ0) is 18.2. The molecule has 0 aliphatic heterocycles. The number of hydrogen-bond donors (Lipinski definition) is 3. The van der Waals surface area contributed by atoms with Crippen molar-refractivity contribution >= 4 is 51.3 Å². The first-order valence-corrected chi connectivity index (χ1v) is 10.1. The number of rotatable bonds is 8. The lowest BCUT2D eigenvalue weighted by molar-refractivity contribution is 0.0205. The van der Waals surface area contributed by atoms with Gasteiger partial charge in [-0.3, -0.25) is 4.99 Å². The average molecular weight is 504 g/mol. The molecule has 146 valence electrons. The largest absolute Gasteiger partial charge is 0.379 e. The van der Waals surface area contributed by atoms with E-state index in [9.17, 15) is 8.42 Å². The SMILES string of the molecule is CN=C(NCCNS(=O)(=O)c1cccs1)NCC(OC)C(C)(C)C.I. The van der Waals surface area contributed by atoms with Gasteiger partial charge >= 0.3 is 0 Å². The van der Waals surface area contributed by atoms with E-state index in [0.29, 0.717) is 23.3 Å². The minimum absolute atomic E-state index is 0. The normalized spacial score (nSPS) is 13.9. The highest BCUT2D eigenvalue weighted by molar-refractivity contribution is 14.0. The maximum absolute atomic E-state index is 12.0. The van der Waals surface area contributed by atoms with Gasteiger partial charge in [0.2, 0.25) is 10.0 Å². The summed E-state index contributed by atoms with van der Waals surface area (Å²) in [6, 6.07) is 3.29. The molecule has 1 aromatic heterocycles. The third-order valence-electron chi connectivity index (χ3n) is 3.40. The third kappa shape index (κ3) is 8.67. The van der Waals surface area contributed by atoms with Crippen LogP contribution in [-0.4, -0.2) is 54.3 Å². The maximum atomic E-state index is 12.0. The van der Waals surface area contributed by atoms with E-state index >= 15 is 0 Å². The van der Waals surface area contributed by atoms with Gasteiger partial charge in [0.05, 0.1) is 6.10 Å². The smallest absolute Gasteiger partial charge is 0.250 e. The first-order valence-electron chi connectivity index (χ1n) is 7.71. The Kier molecular flexibility index (Phi) is 11.1. The Morgan fingerprint density at radius 1 is 1.32 bits per heavy atom. The number of halogens is 1. The number of guanidine groups is 1. The molecule has 1 rings (SSSR count). The van der Waals surface area contributed by atoms with Gasteiger partial charge in [0.25, 0.3) is 0 Å². The van der Waals surface area contributed by atoms with Gasteiger partial charge in [0.1, 0.15) is 4.21 Å². The zero-order valence-corrected chi connectivity index (χ0v) is 19.3. The van der Waals surface area contributed by atoms with E-state index in [0.717, 1.165) is 0 Å². The fourth-order valence-corrected chi connectivity index (χ4v) is 4.08. The second kappa shape index (κ2) is 11.3. The summed E-state index contributed by atoms with van der Waals surface area (Å²) < 4.78 is 32.3. The van der Waals surface area contributed by atoms with Crippen LogP contribution in [0.15, 0.2) is 26.7 Å². The molecule has 7 nitrogen and oxygen atoms in total. The van der Waals surface area contributed by atoms with Crippen LogP contribution in [0.3, 0.4) is 0 Å². The summed E-state index contributed by atoms with van der Waals surface area (Å²) in [7, 11) is -0.0641. The Bertz CT molecular complexity index is 613. The number of thiophene rings is 1. The van der Waals surface area contributed by atoms with Gasteiger partial charge in [-0.25, -0.2) is 13.1 Å². The molecule has 1 unspecified atom stereocenters. The topological polar surface area (TPSA) is 91.8 Å². The second-order valence-corrected chi connectivity index (χ2v) is 9.24. The number of aliphatic imine (C=N–C) groups is 1. The summed E-state index contributed by atoms with van der Waals surface area (Å²) >= 11 is 1.19. The molecule has 0 aromatic carbocycles. The molecule has 0 saturated carbocycles. The number of hydrogen-bond acceptors (Lipinski definition) is 5. The van der Waals surface area contributed by atoms with Crippen molar-refractivity contribution in [3.05, 3.63) is 17.5 Å². The van der Waals surface area contributed by atoms with Crippen molar-refractivity contribution in [3.63, 3.8) is 0 Å². The quantitative estimate of drug-likeness (QED) is 0.218. The van der Waals surface area contributed by atoms with Gasteiger partial charge in [0, 0.05) is 33.8 Å². The monoisotopic (exact) mass is 504 g/mol. The molecule has 0 radical (unpaired) electrons. The van der Waals surface area contributed by atoms with E-state index in [2.05, 4.69) is 41.1 Å². The predicted octanol–water partition coefficient (Wildman–Crippen LogP) is 1.87. The average Bonchev–Trinajstić information content (AvgIpc) is 3.03. The van der Waals surface area contributed by atoms with Crippen molar-refractivity contribution < 1.29 is 13.2 Å². The number of methoxy groups -OCH3 is 1. The number of ether oxygens (including phenoxy) is 1. The van der Waals surface area contributed by atoms with E-state index < -0.39 is 10.0 Å². The Balaban J connectivity index is 0.00000576. The van der Waals surface area contributed by atoms with Gasteiger partial charge in [0.15, 0.2) is 5.96 Å². The van der Waals surface area contributed by atoms with Crippen LogP contribution in [0.4, 0.5) is 0 Å². The van der Waals surface area contributed by atoms with Crippen molar-refractivity contribution in [1.29, 1.82) is 0 Å².